The summed E-state index contributed by atoms with van der Waals surface area (Å²) in [5, 5.41) is 6.17. The number of carbonyl (C=O) groups excluding carboxylic acids is 1. The molecule has 2 aliphatic rings. The third kappa shape index (κ3) is 2.21. The molecule has 3 rings (SSSR count). The molecule has 0 radical (unpaired) electrons. The molecule has 102 valence electrons. The van der Waals surface area contributed by atoms with E-state index < -0.39 is 0 Å². The molecule has 1 saturated heterocycles. The van der Waals surface area contributed by atoms with Crippen molar-refractivity contribution < 1.29 is 9.53 Å². The van der Waals surface area contributed by atoms with Crippen LogP contribution in [-0.2, 0) is 9.53 Å². The average Bonchev–Trinajstić information content (AvgIpc) is 2.78. The maximum Gasteiger partial charge on any atom is 0.224 e. The topological polar surface area (TPSA) is 102 Å². The summed E-state index contributed by atoms with van der Waals surface area (Å²) in [4.78, 5) is 19.5. The van der Waals surface area contributed by atoms with E-state index in [1.807, 2.05) is 0 Å². The molecule has 0 unspecified atom stereocenters. The number of rotatable bonds is 3. The van der Waals surface area contributed by atoms with E-state index >= 15 is 0 Å². The number of carbonyl (C=O) groups is 1. The van der Waals surface area contributed by atoms with E-state index in [9.17, 15) is 4.79 Å². The van der Waals surface area contributed by atoms with Gasteiger partial charge in [-0.2, -0.15) is 4.98 Å². The number of fused-ring (bicyclic) bond motifs is 1. The summed E-state index contributed by atoms with van der Waals surface area (Å²) in [7, 11) is 0. The van der Waals surface area contributed by atoms with E-state index in [0.29, 0.717) is 17.7 Å². The molecule has 0 aromatic carbocycles. The van der Waals surface area contributed by atoms with E-state index in [1.54, 1.807) is 12.3 Å². The zero-order valence-corrected chi connectivity index (χ0v) is 10.7. The molecule has 7 nitrogen and oxygen atoms in total. The lowest BCUT2D eigenvalue weighted by Gasteiger charge is -2.47. The number of nitrogens with one attached hydrogen (secondary N) is 2. The van der Waals surface area contributed by atoms with Crippen LogP contribution in [-0.4, -0.2) is 40.7 Å². The third-order valence-electron chi connectivity index (χ3n) is 3.73. The smallest absolute Gasteiger partial charge is 0.224 e. The van der Waals surface area contributed by atoms with Crippen LogP contribution in [0.3, 0.4) is 0 Å². The van der Waals surface area contributed by atoms with Crippen LogP contribution in [0.5, 0.6) is 0 Å². The minimum Gasteiger partial charge on any atom is -0.384 e. The number of ether oxygens (including phenoxy) is 1. The molecule has 1 aromatic rings. The van der Waals surface area contributed by atoms with Gasteiger partial charge in [0.05, 0.1) is 18.2 Å². The summed E-state index contributed by atoms with van der Waals surface area (Å²) in [5.41, 5.74) is 5.63. The van der Waals surface area contributed by atoms with Gasteiger partial charge in [0.1, 0.15) is 5.82 Å². The highest BCUT2D eigenvalue weighted by Gasteiger charge is 2.54. The van der Waals surface area contributed by atoms with E-state index in [1.165, 1.54) is 6.92 Å². The first-order valence-electron chi connectivity index (χ1n) is 6.39. The summed E-state index contributed by atoms with van der Waals surface area (Å²) in [5.74, 6) is 1.25. The highest BCUT2D eigenvalue weighted by Crippen LogP contribution is 2.40. The van der Waals surface area contributed by atoms with Gasteiger partial charge >= 0.3 is 0 Å². The molecular weight excluding hydrogens is 246 g/mol. The number of aromatic nitrogens is 2. The Morgan fingerprint density at radius 2 is 2.37 bits per heavy atom. The van der Waals surface area contributed by atoms with Crippen LogP contribution in [0.25, 0.3) is 0 Å². The molecule has 0 bridgehead atoms. The fourth-order valence-electron chi connectivity index (χ4n) is 2.90. The molecule has 1 aliphatic carbocycles. The highest BCUT2D eigenvalue weighted by atomic mass is 16.5. The highest BCUT2D eigenvalue weighted by molar-refractivity contribution is 5.73. The monoisotopic (exact) mass is 263 g/mol. The van der Waals surface area contributed by atoms with Gasteiger partial charge in [0.15, 0.2) is 0 Å². The van der Waals surface area contributed by atoms with Gasteiger partial charge in [0.25, 0.3) is 0 Å². The number of nitrogen functional groups attached to an aromatic ring is 1. The van der Waals surface area contributed by atoms with Crippen molar-refractivity contribution in [2.45, 2.75) is 31.5 Å². The Balaban J connectivity index is 1.73. The molecule has 2 heterocycles. The largest absolute Gasteiger partial charge is 0.384 e. The standard InChI is InChI=1S/C12H17N5O2/c1-6(18)15-10-9(7-3-5-19-11(7)10)17-12-14-4-2-8(13)16-12/h2,4,7,9-11H,3,5H2,1H3,(H,15,18)(H3,13,14,16,17)/t7-,9+,10-,11-/m0/s1. The fourth-order valence-corrected chi connectivity index (χ4v) is 2.90. The number of nitrogens with zero attached hydrogens (tertiary/aromatic N) is 2. The normalized spacial score (nSPS) is 32.3. The molecule has 1 saturated carbocycles. The summed E-state index contributed by atoms with van der Waals surface area (Å²) in [6.07, 6.45) is 2.70. The van der Waals surface area contributed by atoms with E-state index in [4.69, 9.17) is 10.5 Å². The molecule has 4 atom stereocenters. The average molecular weight is 263 g/mol. The summed E-state index contributed by atoms with van der Waals surface area (Å²) < 4.78 is 5.64. The Kier molecular flexibility index (Phi) is 2.98. The van der Waals surface area contributed by atoms with Crippen molar-refractivity contribution >= 4 is 17.7 Å². The second kappa shape index (κ2) is 4.65. The Hall–Kier alpha value is -1.89. The van der Waals surface area contributed by atoms with Crippen molar-refractivity contribution in [3.63, 3.8) is 0 Å². The van der Waals surface area contributed by atoms with E-state index in [2.05, 4.69) is 20.6 Å². The van der Waals surface area contributed by atoms with Gasteiger partial charge in [-0.1, -0.05) is 0 Å². The summed E-state index contributed by atoms with van der Waals surface area (Å²) in [6.45, 7) is 2.25. The molecule has 7 heteroatoms. The second-order valence-electron chi connectivity index (χ2n) is 4.99. The molecule has 19 heavy (non-hydrogen) atoms. The van der Waals surface area contributed by atoms with Crippen LogP contribution in [0, 0.1) is 5.92 Å². The maximum atomic E-state index is 11.2. The third-order valence-corrected chi connectivity index (χ3v) is 3.73. The van der Waals surface area contributed by atoms with Gasteiger partial charge in [0.2, 0.25) is 11.9 Å². The van der Waals surface area contributed by atoms with Crippen LogP contribution < -0.4 is 16.4 Å². The predicted octanol–water partition coefficient (Wildman–Crippen LogP) is -0.237. The Morgan fingerprint density at radius 3 is 3.11 bits per heavy atom. The first-order chi connectivity index (χ1) is 9.15. The number of amides is 1. The number of anilines is 2. The SMILES string of the molecule is CC(=O)N[C@H]1[C@H](Nc2nccc(N)n2)[C@@H]2CCO[C@@H]21. The zero-order valence-electron chi connectivity index (χ0n) is 10.7. The molecule has 1 amide bonds. The molecule has 4 N–H and O–H groups in total. The Bertz CT molecular complexity index is 495. The van der Waals surface area contributed by atoms with E-state index in [-0.39, 0.29) is 24.1 Å². The first kappa shape index (κ1) is 12.2. The van der Waals surface area contributed by atoms with Gasteiger partial charge < -0.3 is 21.1 Å². The van der Waals surface area contributed by atoms with Crippen LogP contribution in [0.15, 0.2) is 12.3 Å². The van der Waals surface area contributed by atoms with Crippen LogP contribution in [0.2, 0.25) is 0 Å². The number of hydrogen-bond donors (Lipinski definition) is 3. The minimum absolute atomic E-state index is 0.0324. The van der Waals surface area contributed by atoms with Gasteiger partial charge in [-0.25, -0.2) is 4.98 Å². The quantitative estimate of drug-likeness (QED) is 0.696. The van der Waals surface area contributed by atoms with Gasteiger partial charge in [-0.05, 0) is 12.5 Å². The van der Waals surface area contributed by atoms with Crippen LogP contribution >= 0.6 is 0 Å². The molecule has 0 spiro atoms. The first-order valence-corrected chi connectivity index (χ1v) is 6.39. The predicted molar refractivity (Wildman–Crippen MR) is 69.3 cm³/mol. The van der Waals surface area contributed by atoms with Crippen molar-refractivity contribution in [3.8, 4) is 0 Å². The van der Waals surface area contributed by atoms with Crippen molar-refractivity contribution in [3.05, 3.63) is 12.3 Å². The Morgan fingerprint density at radius 1 is 1.53 bits per heavy atom. The van der Waals surface area contributed by atoms with Gasteiger partial charge in [-0.15, -0.1) is 0 Å². The van der Waals surface area contributed by atoms with Crippen molar-refractivity contribution in [2.24, 2.45) is 5.92 Å². The lowest BCUT2D eigenvalue weighted by Crippen LogP contribution is -2.68. The van der Waals surface area contributed by atoms with Crippen molar-refractivity contribution in [1.82, 2.24) is 15.3 Å². The van der Waals surface area contributed by atoms with E-state index in [0.717, 1.165) is 13.0 Å². The fraction of sp³-hybridized carbons (Fsp3) is 0.583. The molecule has 1 aromatic heterocycles. The van der Waals surface area contributed by atoms with Crippen LogP contribution in [0.4, 0.5) is 11.8 Å². The zero-order chi connectivity index (χ0) is 13.4. The molecule has 1 aliphatic heterocycles. The number of nitrogens with two attached hydrogens (primary N) is 1. The summed E-state index contributed by atoms with van der Waals surface area (Å²) >= 11 is 0. The summed E-state index contributed by atoms with van der Waals surface area (Å²) in [6, 6.07) is 1.70. The molecular formula is C12H17N5O2. The van der Waals surface area contributed by atoms with Gasteiger partial charge in [-0.3, -0.25) is 4.79 Å². The Labute approximate surface area is 110 Å². The lowest BCUT2D eigenvalue weighted by molar-refractivity contribution is -0.123. The van der Waals surface area contributed by atoms with Crippen LogP contribution in [0.1, 0.15) is 13.3 Å². The van der Waals surface area contributed by atoms with Gasteiger partial charge in [0, 0.05) is 25.6 Å². The lowest BCUT2D eigenvalue weighted by atomic mass is 9.71. The molecule has 2 fully saturated rings. The maximum absolute atomic E-state index is 11.2. The van der Waals surface area contributed by atoms with Crippen molar-refractivity contribution in [2.75, 3.05) is 17.7 Å². The minimum atomic E-state index is -0.0563. The number of hydrogen-bond acceptors (Lipinski definition) is 6. The second-order valence-corrected chi connectivity index (χ2v) is 4.99. The van der Waals surface area contributed by atoms with Crippen molar-refractivity contribution in [1.29, 1.82) is 0 Å².